The minimum absolute atomic E-state index is 0.0164. The maximum absolute atomic E-state index is 12.5. The van der Waals surface area contributed by atoms with Crippen molar-refractivity contribution >= 4 is 24.5 Å². The van der Waals surface area contributed by atoms with Crippen LogP contribution in [0.3, 0.4) is 0 Å². The van der Waals surface area contributed by atoms with Crippen LogP contribution in [0.1, 0.15) is 40.5 Å². The Morgan fingerprint density at radius 3 is 2.33 bits per heavy atom. The number of nitrogens with two attached hydrogens (primary N) is 1. The number of hydrogen-bond acceptors (Lipinski definition) is 7. The lowest BCUT2D eigenvalue weighted by Gasteiger charge is -2.29. The van der Waals surface area contributed by atoms with Gasteiger partial charge in [-0.2, -0.15) is 12.6 Å². The van der Waals surface area contributed by atoms with Crippen LogP contribution in [0.2, 0.25) is 0 Å². The van der Waals surface area contributed by atoms with E-state index in [1.54, 1.807) is 0 Å². The van der Waals surface area contributed by atoms with Crippen LogP contribution >= 0.6 is 12.6 Å². The first-order chi connectivity index (χ1) is 12.7. The van der Waals surface area contributed by atoms with Gasteiger partial charge in [0.05, 0.1) is 6.61 Å². The molecule has 8 nitrogen and oxygen atoms in total. The summed E-state index contributed by atoms with van der Waals surface area (Å²) in [5, 5.41) is 23.9. The van der Waals surface area contributed by atoms with Gasteiger partial charge in [0.2, 0.25) is 5.91 Å². The van der Waals surface area contributed by atoms with Crippen LogP contribution < -0.4 is 16.4 Å². The molecule has 0 aromatic heterocycles. The molecule has 3 unspecified atom stereocenters. The third kappa shape index (κ3) is 10.3. The summed E-state index contributed by atoms with van der Waals surface area (Å²) in [6.45, 7) is 8.44. The number of aliphatic hydroxyl groups excluding tert-OH is 1. The van der Waals surface area contributed by atoms with Crippen LogP contribution in [0.25, 0.3) is 0 Å². The molecule has 0 radical (unpaired) electrons. The molecular formula is C18H37N3O5S. The van der Waals surface area contributed by atoms with Crippen molar-refractivity contribution < 1.29 is 24.5 Å². The summed E-state index contributed by atoms with van der Waals surface area (Å²) in [6.07, 6.45) is 0.107. The first-order valence-corrected chi connectivity index (χ1v) is 10.2. The molecule has 0 bridgehead atoms. The van der Waals surface area contributed by atoms with Gasteiger partial charge in [0, 0.05) is 37.4 Å². The molecule has 6 N–H and O–H groups in total. The zero-order valence-corrected chi connectivity index (χ0v) is 17.7. The van der Waals surface area contributed by atoms with Gasteiger partial charge in [-0.3, -0.25) is 4.79 Å². The van der Waals surface area contributed by atoms with Gasteiger partial charge in [0.1, 0.15) is 12.1 Å². The third-order valence-corrected chi connectivity index (χ3v) is 5.03. The van der Waals surface area contributed by atoms with Gasteiger partial charge in [-0.05, 0) is 11.8 Å². The molecule has 0 saturated heterocycles. The molecule has 160 valence electrons. The fraction of sp³-hybridized carbons (Fsp3) is 0.889. The zero-order chi connectivity index (χ0) is 21.0. The van der Waals surface area contributed by atoms with Gasteiger partial charge >= 0.3 is 5.97 Å². The van der Waals surface area contributed by atoms with Crippen molar-refractivity contribution in [2.45, 2.75) is 64.8 Å². The van der Waals surface area contributed by atoms with Crippen molar-refractivity contribution in [2.75, 3.05) is 25.5 Å². The number of carbonyl (C=O) groups is 2. The molecular weight excluding hydrogens is 370 g/mol. The number of thiol groups is 1. The fourth-order valence-electron chi connectivity index (χ4n) is 2.49. The Balaban J connectivity index is 4.92. The molecule has 0 rings (SSSR count). The van der Waals surface area contributed by atoms with E-state index in [9.17, 15) is 9.59 Å². The molecule has 9 heteroatoms. The first-order valence-electron chi connectivity index (χ1n) is 9.53. The largest absolute Gasteiger partial charge is 0.480 e. The predicted molar refractivity (Wildman–Crippen MR) is 109 cm³/mol. The Morgan fingerprint density at radius 2 is 1.89 bits per heavy atom. The minimum atomic E-state index is -1.18. The Kier molecular flexibility index (Phi) is 13.7. The SMILES string of the molecule is CC[C@H](C)C(COC(C(=O)N[C@H](CCO)C(=O)O)C(C)C)NCC(N)CS. The van der Waals surface area contributed by atoms with Crippen molar-refractivity contribution in [3.05, 3.63) is 0 Å². The van der Waals surface area contributed by atoms with E-state index in [4.69, 9.17) is 20.7 Å². The highest BCUT2D eigenvalue weighted by Crippen LogP contribution is 2.13. The number of rotatable bonds is 15. The van der Waals surface area contributed by atoms with Gasteiger partial charge in [0.15, 0.2) is 0 Å². The summed E-state index contributed by atoms with van der Waals surface area (Å²) in [4.78, 5) is 23.7. The lowest BCUT2D eigenvalue weighted by atomic mass is 9.99. The van der Waals surface area contributed by atoms with E-state index in [0.29, 0.717) is 24.8 Å². The smallest absolute Gasteiger partial charge is 0.326 e. The second-order valence-electron chi connectivity index (χ2n) is 7.25. The number of nitrogens with one attached hydrogen (secondary N) is 2. The molecule has 0 aliphatic heterocycles. The molecule has 5 atom stereocenters. The summed E-state index contributed by atoms with van der Waals surface area (Å²) in [5.74, 6) is -0.917. The van der Waals surface area contributed by atoms with Crippen LogP contribution in [-0.2, 0) is 14.3 Å². The molecule has 0 aliphatic carbocycles. The second kappa shape index (κ2) is 14.2. The molecule has 1 amide bonds. The number of aliphatic carboxylic acids is 1. The molecule has 0 aliphatic rings. The van der Waals surface area contributed by atoms with Crippen molar-refractivity contribution in [1.29, 1.82) is 0 Å². The van der Waals surface area contributed by atoms with Crippen molar-refractivity contribution in [2.24, 2.45) is 17.6 Å². The maximum atomic E-state index is 12.5. The summed E-state index contributed by atoms with van der Waals surface area (Å²) < 4.78 is 5.89. The van der Waals surface area contributed by atoms with Crippen molar-refractivity contribution in [3.63, 3.8) is 0 Å². The Hall–Kier alpha value is -0.870. The summed E-state index contributed by atoms with van der Waals surface area (Å²) >= 11 is 4.18. The van der Waals surface area contributed by atoms with Crippen LogP contribution in [0.4, 0.5) is 0 Å². The van der Waals surface area contributed by atoms with Gasteiger partial charge in [-0.25, -0.2) is 4.79 Å². The molecule has 0 fully saturated rings. The number of carbonyl (C=O) groups excluding carboxylic acids is 1. The topological polar surface area (TPSA) is 134 Å². The van der Waals surface area contributed by atoms with Crippen LogP contribution in [0.5, 0.6) is 0 Å². The summed E-state index contributed by atoms with van der Waals surface area (Å²) in [7, 11) is 0. The molecule has 27 heavy (non-hydrogen) atoms. The maximum Gasteiger partial charge on any atom is 0.326 e. The van der Waals surface area contributed by atoms with E-state index in [0.717, 1.165) is 6.42 Å². The predicted octanol–water partition coefficient (Wildman–Crippen LogP) is 0.241. The average Bonchev–Trinajstić information content (AvgIpc) is 2.62. The number of carboxylic acid groups (broad SMARTS) is 1. The highest BCUT2D eigenvalue weighted by atomic mass is 32.1. The van der Waals surface area contributed by atoms with E-state index in [2.05, 4.69) is 37.1 Å². The van der Waals surface area contributed by atoms with Crippen molar-refractivity contribution in [3.8, 4) is 0 Å². The minimum Gasteiger partial charge on any atom is -0.480 e. The number of amides is 1. The van der Waals surface area contributed by atoms with Gasteiger partial charge in [-0.15, -0.1) is 0 Å². The number of aliphatic hydroxyl groups is 1. The van der Waals surface area contributed by atoms with E-state index >= 15 is 0 Å². The monoisotopic (exact) mass is 407 g/mol. The van der Waals surface area contributed by atoms with Gasteiger partial charge in [-0.1, -0.05) is 34.1 Å². The van der Waals surface area contributed by atoms with Crippen LogP contribution in [0, 0.1) is 11.8 Å². The molecule has 0 saturated carbocycles. The van der Waals surface area contributed by atoms with Crippen LogP contribution in [0.15, 0.2) is 0 Å². The van der Waals surface area contributed by atoms with E-state index in [1.165, 1.54) is 0 Å². The Bertz CT molecular complexity index is 439. The highest BCUT2D eigenvalue weighted by Gasteiger charge is 2.29. The van der Waals surface area contributed by atoms with Crippen molar-refractivity contribution in [1.82, 2.24) is 10.6 Å². The van der Waals surface area contributed by atoms with E-state index < -0.39 is 24.0 Å². The van der Waals surface area contributed by atoms with E-state index in [1.807, 2.05) is 13.8 Å². The fourth-order valence-corrected chi connectivity index (χ4v) is 2.62. The number of carboxylic acids is 1. The lowest BCUT2D eigenvalue weighted by molar-refractivity contribution is -0.146. The second-order valence-corrected chi connectivity index (χ2v) is 7.62. The quantitative estimate of drug-likeness (QED) is 0.214. The Morgan fingerprint density at radius 1 is 1.26 bits per heavy atom. The van der Waals surface area contributed by atoms with Gasteiger partial charge < -0.3 is 31.3 Å². The standard InChI is InChI=1S/C18H37N3O5S/c1-5-12(4)15(20-8-13(19)10-27)9-26-16(11(2)3)17(23)21-14(6-7-22)18(24)25/h11-16,20,22,27H,5-10,19H2,1-4H3,(H,21,23)(H,24,25)/t12-,13?,14+,15?,16?/m0/s1. The number of ether oxygens (including phenoxy) is 1. The molecule has 0 aromatic rings. The third-order valence-electron chi connectivity index (χ3n) is 4.56. The molecule has 0 heterocycles. The summed E-state index contributed by atoms with van der Waals surface area (Å²) in [6, 6.07) is -1.19. The summed E-state index contributed by atoms with van der Waals surface area (Å²) in [5.41, 5.74) is 5.91. The zero-order valence-electron chi connectivity index (χ0n) is 16.9. The van der Waals surface area contributed by atoms with E-state index in [-0.39, 0.29) is 31.0 Å². The Labute approximate surface area is 168 Å². The normalized spacial score (nSPS) is 17.2. The lowest BCUT2D eigenvalue weighted by Crippen LogP contribution is -2.50. The average molecular weight is 408 g/mol. The number of hydrogen-bond donors (Lipinski definition) is 6. The van der Waals surface area contributed by atoms with Crippen LogP contribution in [-0.4, -0.2) is 71.8 Å². The highest BCUT2D eigenvalue weighted by molar-refractivity contribution is 7.80. The first kappa shape index (κ1) is 26.1. The molecule has 0 spiro atoms. The molecule has 0 aromatic carbocycles. The van der Waals surface area contributed by atoms with Gasteiger partial charge in [0.25, 0.3) is 0 Å².